The summed E-state index contributed by atoms with van der Waals surface area (Å²) < 4.78 is 6.47. The first-order chi connectivity index (χ1) is 5.72. The van der Waals surface area contributed by atoms with Gasteiger partial charge in [-0.15, -0.1) is 0 Å². The van der Waals surface area contributed by atoms with Crippen LogP contribution in [0.25, 0.3) is 0 Å². The highest BCUT2D eigenvalue weighted by Crippen LogP contribution is 2.21. The zero-order valence-electron chi connectivity index (χ0n) is 6.19. The second kappa shape index (κ2) is 5.29. The van der Waals surface area contributed by atoms with E-state index in [1.807, 2.05) is 18.2 Å². The molecule has 0 aliphatic carbocycles. The molecule has 1 aromatic carbocycles. The lowest BCUT2D eigenvalue weighted by molar-refractivity contribution is 0.345. The van der Waals surface area contributed by atoms with Crippen LogP contribution in [0.3, 0.4) is 0 Å². The molecule has 0 saturated carbocycles. The maximum absolute atomic E-state index is 5.83. The van der Waals surface area contributed by atoms with E-state index in [1.54, 1.807) is 0 Å². The summed E-state index contributed by atoms with van der Waals surface area (Å²) in [5.74, 6) is 0.825. The van der Waals surface area contributed by atoms with Crippen molar-refractivity contribution in [2.45, 2.75) is 0 Å². The van der Waals surface area contributed by atoms with Gasteiger partial charge in [-0.25, -0.2) is 0 Å². The van der Waals surface area contributed by atoms with Crippen molar-refractivity contribution in [1.29, 1.82) is 0 Å². The Morgan fingerprint density at radius 1 is 1.42 bits per heavy atom. The monoisotopic (exact) mass is 360 g/mol. The lowest BCUT2D eigenvalue weighted by atomic mass is 10.3. The van der Waals surface area contributed by atoms with Gasteiger partial charge < -0.3 is 4.74 Å². The molecule has 0 spiro atoms. The van der Waals surface area contributed by atoms with E-state index in [9.17, 15) is 0 Å². The van der Waals surface area contributed by atoms with E-state index >= 15 is 0 Å². The Morgan fingerprint density at radius 2 is 2.17 bits per heavy atom. The van der Waals surface area contributed by atoms with Gasteiger partial charge >= 0.3 is 0 Å². The summed E-state index contributed by atoms with van der Waals surface area (Å²) in [6, 6.07) is 5.66. The van der Waals surface area contributed by atoms with Gasteiger partial charge in [0.1, 0.15) is 5.75 Å². The van der Waals surface area contributed by atoms with Gasteiger partial charge in [0, 0.05) is 13.9 Å². The molecule has 0 atom stereocenters. The maximum Gasteiger partial charge on any atom is 0.121 e. The quantitative estimate of drug-likeness (QED) is 0.589. The lowest BCUT2D eigenvalue weighted by Gasteiger charge is -2.04. The molecule has 0 bridgehead atoms. The molecule has 0 amide bonds. The van der Waals surface area contributed by atoms with Crippen LogP contribution in [-0.4, -0.2) is 11.9 Å². The molecule has 4 heteroatoms. The minimum atomic E-state index is 0.663. The molecule has 1 nitrogen and oxygen atoms in total. The summed E-state index contributed by atoms with van der Waals surface area (Å²) in [4.78, 5) is 0. The molecule has 1 aromatic rings. The summed E-state index contributed by atoms with van der Waals surface area (Å²) in [6.07, 6.45) is 0. The molecule has 0 aliphatic heterocycles. The van der Waals surface area contributed by atoms with Crippen molar-refractivity contribution in [3.8, 4) is 5.75 Å². The van der Waals surface area contributed by atoms with E-state index in [2.05, 4.69) is 38.5 Å². The fourth-order valence-electron chi connectivity index (χ4n) is 0.768. The molecular formula is C8H7BrClIO. The topological polar surface area (TPSA) is 9.23 Å². The van der Waals surface area contributed by atoms with Crippen molar-refractivity contribution in [2.75, 3.05) is 11.9 Å². The van der Waals surface area contributed by atoms with E-state index in [-0.39, 0.29) is 0 Å². The van der Waals surface area contributed by atoms with E-state index in [0.717, 1.165) is 14.6 Å². The van der Waals surface area contributed by atoms with E-state index in [0.29, 0.717) is 11.6 Å². The predicted octanol–water partition coefficient (Wildman–Crippen LogP) is 3.72. The third-order valence-electron chi connectivity index (χ3n) is 1.18. The summed E-state index contributed by atoms with van der Waals surface area (Å²) in [7, 11) is 0. The fraction of sp³-hybridized carbons (Fsp3) is 0.250. The van der Waals surface area contributed by atoms with E-state index in [4.69, 9.17) is 16.3 Å². The average Bonchev–Trinajstić information content (AvgIpc) is 1.99. The van der Waals surface area contributed by atoms with Crippen LogP contribution in [-0.2, 0) is 0 Å². The van der Waals surface area contributed by atoms with E-state index in [1.165, 1.54) is 0 Å². The van der Waals surface area contributed by atoms with Gasteiger partial charge in [0.25, 0.3) is 0 Å². The molecule has 0 aliphatic rings. The second-order valence-corrected chi connectivity index (χ2v) is 4.62. The first-order valence-corrected chi connectivity index (χ1v) is 5.95. The standard InChI is InChI=1S/C8H7BrClIO/c9-1-2-12-8-4-6(10)3-7(11)5-8/h3-5H,1-2H2. The third-order valence-corrected chi connectivity index (χ3v) is 2.35. The Labute approximate surface area is 98.7 Å². The zero-order valence-corrected chi connectivity index (χ0v) is 10.7. The summed E-state index contributed by atoms with van der Waals surface area (Å²) >= 11 is 11.3. The smallest absolute Gasteiger partial charge is 0.121 e. The predicted molar refractivity (Wildman–Crippen MR) is 63.5 cm³/mol. The molecule has 0 N–H and O–H groups in total. The van der Waals surface area contributed by atoms with Crippen LogP contribution in [0.5, 0.6) is 5.75 Å². The number of benzene rings is 1. The third kappa shape index (κ3) is 3.49. The van der Waals surface area contributed by atoms with Crippen LogP contribution in [0.2, 0.25) is 5.02 Å². The van der Waals surface area contributed by atoms with Gasteiger partial charge in [0.2, 0.25) is 0 Å². The summed E-state index contributed by atoms with van der Waals surface area (Å²) in [6.45, 7) is 0.663. The molecule has 0 aromatic heterocycles. The average molecular weight is 361 g/mol. The zero-order chi connectivity index (χ0) is 8.97. The van der Waals surface area contributed by atoms with Gasteiger partial charge in [0.05, 0.1) is 6.61 Å². The minimum absolute atomic E-state index is 0.663. The molecule has 1 rings (SSSR count). The van der Waals surface area contributed by atoms with Gasteiger partial charge in [-0.1, -0.05) is 27.5 Å². The van der Waals surface area contributed by atoms with Crippen LogP contribution in [0.1, 0.15) is 0 Å². The first-order valence-electron chi connectivity index (χ1n) is 3.37. The van der Waals surface area contributed by atoms with Gasteiger partial charge in [0.15, 0.2) is 0 Å². The maximum atomic E-state index is 5.83. The molecule has 12 heavy (non-hydrogen) atoms. The number of hydrogen-bond donors (Lipinski definition) is 0. The Bertz CT molecular complexity index is 247. The Hall–Kier alpha value is 0.520. The molecular weight excluding hydrogens is 354 g/mol. The van der Waals surface area contributed by atoms with Crippen molar-refractivity contribution in [3.05, 3.63) is 26.8 Å². The van der Waals surface area contributed by atoms with Crippen molar-refractivity contribution < 1.29 is 4.74 Å². The van der Waals surface area contributed by atoms with Crippen LogP contribution in [0.4, 0.5) is 0 Å². The number of ether oxygens (including phenoxy) is 1. The van der Waals surface area contributed by atoms with Crippen molar-refractivity contribution in [2.24, 2.45) is 0 Å². The van der Waals surface area contributed by atoms with Crippen molar-refractivity contribution in [1.82, 2.24) is 0 Å². The number of hydrogen-bond acceptors (Lipinski definition) is 1. The molecule has 66 valence electrons. The normalized spacial score (nSPS) is 9.92. The summed E-state index contributed by atoms with van der Waals surface area (Å²) in [5, 5.41) is 1.54. The first kappa shape index (κ1) is 10.6. The van der Waals surface area contributed by atoms with Gasteiger partial charge in [-0.05, 0) is 40.8 Å². The Morgan fingerprint density at radius 3 is 2.75 bits per heavy atom. The molecule has 0 fully saturated rings. The Kier molecular flexibility index (Phi) is 4.68. The minimum Gasteiger partial charge on any atom is -0.493 e. The SMILES string of the molecule is Clc1cc(I)cc(OCCBr)c1. The van der Waals surface area contributed by atoms with Crippen LogP contribution in [0, 0.1) is 3.57 Å². The number of rotatable bonds is 3. The Balaban J connectivity index is 2.72. The highest BCUT2D eigenvalue weighted by molar-refractivity contribution is 14.1. The van der Waals surface area contributed by atoms with Crippen molar-refractivity contribution in [3.63, 3.8) is 0 Å². The second-order valence-electron chi connectivity index (χ2n) is 2.14. The van der Waals surface area contributed by atoms with E-state index < -0.39 is 0 Å². The largest absolute Gasteiger partial charge is 0.493 e. The van der Waals surface area contributed by atoms with Gasteiger partial charge in [-0.2, -0.15) is 0 Å². The summed E-state index contributed by atoms with van der Waals surface area (Å²) in [5.41, 5.74) is 0. The van der Waals surface area contributed by atoms with Crippen LogP contribution in [0.15, 0.2) is 18.2 Å². The number of halogens is 3. The molecule has 0 radical (unpaired) electrons. The lowest BCUT2D eigenvalue weighted by Crippen LogP contribution is -1.97. The highest BCUT2D eigenvalue weighted by Gasteiger charge is 1.97. The highest BCUT2D eigenvalue weighted by atomic mass is 127. The molecule has 0 unspecified atom stereocenters. The van der Waals surface area contributed by atoms with Crippen molar-refractivity contribution >= 4 is 50.1 Å². The fourth-order valence-corrected chi connectivity index (χ4v) is 1.98. The van der Waals surface area contributed by atoms with Crippen LogP contribution >= 0.6 is 50.1 Å². The number of alkyl halides is 1. The molecule has 0 saturated heterocycles. The van der Waals surface area contributed by atoms with Crippen LogP contribution < -0.4 is 4.74 Å². The molecule has 0 heterocycles. The van der Waals surface area contributed by atoms with Gasteiger partial charge in [-0.3, -0.25) is 0 Å².